The maximum Gasteiger partial charge on any atom is 0.0206 e. The predicted molar refractivity (Wildman–Crippen MR) is 63.6 cm³/mol. The largest absolute Gasteiger partial charge is 0.329 e. The van der Waals surface area contributed by atoms with Gasteiger partial charge >= 0.3 is 0 Å². The molecule has 14 heavy (non-hydrogen) atoms. The van der Waals surface area contributed by atoms with Crippen LogP contribution in [0.25, 0.3) is 0 Å². The van der Waals surface area contributed by atoms with E-state index in [0.717, 1.165) is 18.8 Å². The molecular weight excluding hydrogens is 192 g/mol. The molecule has 0 bridgehead atoms. The number of rotatable bonds is 6. The molecular formula is C11H18N2S. The van der Waals surface area contributed by atoms with Crippen LogP contribution in [0.3, 0.4) is 0 Å². The van der Waals surface area contributed by atoms with E-state index in [2.05, 4.69) is 36.5 Å². The Morgan fingerprint density at radius 3 is 2.57 bits per heavy atom. The summed E-state index contributed by atoms with van der Waals surface area (Å²) in [5.41, 5.74) is 6.71. The summed E-state index contributed by atoms with van der Waals surface area (Å²) in [5, 5.41) is 3.27. The normalized spacial score (nSPS) is 10.4. The van der Waals surface area contributed by atoms with E-state index in [1.807, 2.05) is 11.8 Å². The zero-order valence-corrected chi connectivity index (χ0v) is 9.44. The maximum absolute atomic E-state index is 5.39. The fourth-order valence-electron chi connectivity index (χ4n) is 1.20. The molecule has 0 aromatic heterocycles. The topological polar surface area (TPSA) is 38.0 Å². The van der Waals surface area contributed by atoms with Crippen molar-refractivity contribution in [2.75, 3.05) is 18.8 Å². The van der Waals surface area contributed by atoms with Gasteiger partial charge in [0, 0.05) is 24.5 Å². The van der Waals surface area contributed by atoms with Crippen molar-refractivity contribution in [3.8, 4) is 0 Å². The van der Waals surface area contributed by atoms with Crippen LogP contribution < -0.4 is 11.1 Å². The molecule has 0 aliphatic carbocycles. The Balaban J connectivity index is 2.38. The number of hydrogen-bond acceptors (Lipinski definition) is 3. The van der Waals surface area contributed by atoms with Gasteiger partial charge < -0.3 is 11.1 Å². The third kappa shape index (κ3) is 4.13. The van der Waals surface area contributed by atoms with Gasteiger partial charge in [0.1, 0.15) is 0 Å². The minimum Gasteiger partial charge on any atom is -0.329 e. The highest BCUT2D eigenvalue weighted by atomic mass is 32.2. The number of nitrogens with two attached hydrogens (primary N) is 1. The molecule has 3 heteroatoms. The highest BCUT2D eigenvalue weighted by Gasteiger charge is 1.93. The molecule has 2 nitrogen and oxygen atoms in total. The summed E-state index contributed by atoms with van der Waals surface area (Å²) in [4.78, 5) is 1.34. The minimum atomic E-state index is 0.698. The molecule has 0 aliphatic heterocycles. The third-order valence-electron chi connectivity index (χ3n) is 1.88. The molecule has 1 rings (SSSR count). The number of benzene rings is 1. The monoisotopic (exact) mass is 210 g/mol. The van der Waals surface area contributed by atoms with Crippen LogP contribution in [0.4, 0.5) is 0 Å². The van der Waals surface area contributed by atoms with Crippen LogP contribution >= 0.6 is 11.8 Å². The zero-order valence-electron chi connectivity index (χ0n) is 8.62. The summed E-state index contributed by atoms with van der Waals surface area (Å²) >= 11 is 1.87. The molecule has 78 valence electrons. The molecule has 0 saturated carbocycles. The summed E-state index contributed by atoms with van der Waals surface area (Å²) in [6.45, 7) is 4.66. The molecule has 0 spiro atoms. The Bertz CT molecular complexity index is 246. The Morgan fingerprint density at radius 2 is 2.00 bits per heavy atom. The van der Waals surface area contributed by atoms with E-state index in [-0.39, 0.29) is 0 Å². The van der Waals surface area contributed by atoms with E-state index in [1.165, 1.54) is 10.5 Å². The van der Waals surface area contributed by atoms with Crippen molar-refractivity contribution in [1.82, 2.24) is 5.32 Å². The fourth-order valence-corrected chi connectivity index (χ4v) is 1.87. The van der Waals surface area contributed by atoms with Crippen LogP contribution in [0.15, 0.2) is 29.2 Å². The molecule has 1 aromatic rings. The van der Waals surface area contributed by atoms with Crippen LogP contribution in [-0.4, -0.2) is 18.8 Å². The van der Waals surface area contributed by atoms with Gasteiger partial charge in [-0.05, 0) is 23.4 Å². The Kier molecular flexibility index (Phi) is 5.68. The molecule has 0 unspecified atom stereocenters. The predicted octanol–water partition coefficient (Wildman–Crippen LogP) is 1.85. The van der Waals surface area contributed by atoms with Crippen LogP contribution in [0.1, 0.15) is 12.5 Å². The van der Waals surface area contributed by atoms with Crippen molar-refractivity contribution >= 4 is 11.8 Å². The van der Waals surface area contributed by atoms with Gasteiger partial charge in [-0.25, -0.2) is 0 Å². The second kappa shape index (κ2) is 6.87. The van der Waals surface area contributed by atoms with Crippen LogP contribution in [0, 0.1) is 0 Å². The van der Waals surface area contributed by atoms with Gasteiger partial charge in [0.05, 0.1) is 0 Å². The fraction of sp³-hybridized carbons (Fsp3) is 0.455. The molecule has 3 N–H and O–H groups in total. The van der Waals surface area contributed by atoms with Crippen LogP contribution in [0.5, 0.6) is 0 Å². The highest BCUT2D eigenvalue weighted by molar-refractivity contribution is 7.99. The van der Waals surface area contributed by atoms with Gasteiger partial charge in [-0.2, -0.15) is 0 Å². The van der Waals surface area contributed by atoms with E-state index >= 15 is 0 Å². The molecule has 1 aromatic carbocycles. The lowest BCUT2D eigenvalue weighted by Crippen LogP contribution is -2.21. The Labute approximate surface area is 90.3 Å². The Hall–Kier alpha value is -0.510. The van der Waals surface area contributed by atoms with Crippen molar-refractivity contribution in [3.05, 3.63) is 29.8 Å². The first kappa shape index (κ1) is 11.6. The van der Waals surface area contributed by atoms with E-state index in [1.54, 1.807) is 0 Å². The summed E-state index contributed by atoms with van der Waals surface area (Å²) < 4.78 is 0. The lowest BCUT2D eigenvalue weighted by atomic mass is 10.2. The van der Waals surface area contributed by atoms with E-state index in [9.17, 15) is 0 Å². The van der Waals surface area contributed by atoms with Gasteiger partial charge in [0.15, 0.2) is 0 Å². The summed E-state index contributed by atoms with van der Waals surface area (Å²) in [6.07, 6.45) is 0. The SMILES string of the molecule is CCSc1ccc(CNCCN)cc1. The Morgan fingerprint density at radius 1 is 1.29 bits per heavy atom. The van der Waals surface area contributed by atoms with Crippen molar-refractivity contribution in [2.24, 2.45) is 5.73 Å². The lowest BCUT2D eigenvalue weighted by molar-refractivity contribution is 0.694. The molecule has 0 aliphatic rings. The van der Waals surface area contributed by atoms with Crippen molar-refractivity contribution < 1.29 is 0 Å². The lowest BCUT2D eigenvalue weighted by Gasteiger charge is -2.04. The highest BCUT2D eigenvalue weighted by Crippen LogP contribution is 2.17. The third-order valence-corrected chi connectivity index (χ3v) is 2.78. The molecule has 0 saturated heterocycles. The molecule has 0 heterocycles. The van der Waals surface area contributed by atoms with Crippen molar-refractivity contribution in [3.63, 3.8) is 0 Å². The van der Waals surface area contributed by atoms with Crippen LogP contribution in [0.2, 0.25) is 0 Å². The zero-order chi connectivity index (χ0) is 10.2. The average Bonchev–Trinajstić information content (AvgIpc) is 2.21. The molecule has 0 radical (unpaired) electrons. The summed E-state index contributed by atoms with van der Waals surface area (Å²) in [5.74, 6) is 1.13. The smallest absolute Gasteiger partial charge is 0.0206 e. The van der Waals surface area contributed by atoms with E-state index < -0.39 is 0 Å². The quantitative estimate of drug-likeness (QED) is 0.556. The number of thioether (sulfide) groups is 1. The molecule has 0 fully saturated rings. The second-order valence-electron chi connectivity index (χ2n) is 3.04. The van der Waals surface area contributed by atoms with Gasteiger partial charge in [0.25, 0.3) is 0 Å². The summed E-state index contributed by atoms with van der Waals surface area (Å²) in [7, 11) is 0. The van der Waals surface area contributed by atoms with Crippen LogP contribution in [-0.2, 0) is 6.54 Å². The van der Waals surface area contributed by atoms with Gasteiger partial charge in [0.2, 0.25) is 0 Å². The summed E-state index contributed by atoms with van der Waals surface area (Å²) in [6, 6.07) is 8.68. The van der Waals surface area contributed by atoms with Gasteiger partial charge in [-0.15, -0.1) is 11.8 Å². The molecule has 0 atom stereocenters. The number of hydrogen-bond donors (Lipinski definition) is 2. The first-order valence-electron chi connectivity index (χ1n) is 4.99. The average molecular weight is 210 g/mol. The van der Waals surface area contributed by atoms with Gasteiger partial charge in [-0.1, -0.05) is 19.1 Å². The van der Waals surface area contributed by atoms with Crippen molar-refractivity contribution in [1.29, 1.82) is 0 Å². The second-order valence-corrected chi connectivity index (χ2v) is 4.38. The molecule has 0 amide bonds. The van der Waals surface area contributed by atoms with Crippen molar-refractivity contribution in [2.45, 2.75) is 18.4 Å². The van der Waals surface area contributed by atoms with E-state index in [0.29, 0.717) is 6.54 Å². The maximum atomic E-state index is 5.39. The standard InChI is InChI=1S/C11H18N2S/c1-2-14-11-5-3-10(4-6-11)9-13-8-7-12/h3-6,13H,2,7-9,12H2,1H3. The van der Waals surface area contributed by atoms with Gasteiger partial charge in [-0.3, -0.25) is 0 Å². The minimum absolute atomic E-state index is 0.698. The first-order valence-corrected chi connectivity index (χ1v) is 5.98. The first-order chi connectivity index (χ1) is 6.86. The number of nitrogens with one attached hydrogen (secondary N) is 1. The van der Waals surface area contributed by atoms with E-state index in [4.69, 9.17) is 5.73 Å².